The number of rotatable bonds is 1. The lowest BCUT2D eigenvalue weighted by molar-refractivity contribution is -0.118. The van der Waals surface area contributed by atoms with Crippen LogP contribution in [0.1, 0.15) is 24.8 Å². The molecule has 0 unspecified atom stereocenters. The Labute approximate surface area is 147 Å². The van der Waals surface area contributed by atoms with Gasteiger partial charge < -0.3 is 10.0 Å². The number of carbonyl (C=O) groups is 1. The standard InChI is InChI=1S/C21H22N2O2/c24-10-7-13-12-22-9-8-21-16-3-1-2-4-17(16)23-19(25)6-5-14(20(21)23)15(13)11-18(21)22/h1-5,7,15,18,20,24H,6,8-12H2/b13-7+/t15-,18-,20-,21+/m1/s1. The molecule has 25 heavy (non-hydrogen) atoms. The zero-order valence-electron chi connectivity index (χ0n) is 14.2. The maximum atomic E-state index is 12.9. The Balaban J connectivity index is 1.64. The van der Waals surface area contributed by atoms with Crippen molar-refractivity contribution < 1.29 is 9.90 Å². The Hall–Kier alpha value is -1.91. The molecule has 1 N–H and O–H groups in total. The highest BCUT2D eigenvalue weighted by Gasteiger charge is 2.67. The molecule has 4 heterocycles. The summed E-state index contributed by atoms with van der Waals surface area (Å²) in [5.41, 5.74) is 5.39. The van der Waals surface area contributed by atoms with Crippen LogP contribution in [0.25, 0.3) is 0 Å². The van der Waals surface area contributed by atoms with Crippen molar-refractivity contribution in [2.75, 3.05) is 24.6 Å². The Morgan fingerprint density at radius 2 is 2.20 bits per heavy atom. The lowest BCUT2D eigenvalue weighted by Gasteiger charge is -2.54. The zero-order chi connectivity index (χ0) is 16.8. The summed E-state index contributed by atoms with van der Waals surface area (Å²) in [5, 5.41) is 9.50. The molecule has 5 aliphatic rings. The van der Waals surface area contributed by atoms with Gasteiger partial charge in [-0.15, -0.1) is 0 Å². The van der Waals surface area contributed by atoms with Gasteiger partial charge in [-0.25, -0.2) is 0 Å². The lowest BCUT2D eigenvalue weighted by atomic mass is 9.57. The van der Waals surface area contributed by atoms with Crippen LogP contribution in [0.5, 0.6) is 0 Å². The van der Waals surface area contributed by atoms with Crippen LogP contribution >= 0.6 is 0 Å². The van der Waals surface area contributed by atoms with Gasteiger partial charge in [0, 0.05) is 36.0 Å². The average molecular weight is 334 g/mol. The molecule has 4 aliphatic heterocycles. The van der Waals surface area contributed by atoms with Gasteiger partial charge in [0.2, 0.25) is 5.91 Å². The molecular weight excluding hydrogens is 312 g/mol. The topological polar surface area (TPSA) is 43.8 Å². The van der Waals surface area contributed by atoms with Gasteiger partial charge in [0.1, 0.15) is 0 Å². The summed E-state index contributed by atoms with van der Waals surface area (Å²) in [6, 6.07) is 9.29. The minimum Gasteiger partial charge on any atom is -0.392 e. The van der Waals surface area contributed by atoms with Crippen molar-refractivity contribution in [1.82, 2.24) is 4.90 Å². The molecule has 2 saturated heterocycles. The molecule has 1 spiro atoms. The van der Waals surface area contributed by atoms with Gasteiger partial charge in [-0.3, -0.25) is 9.69 Å². The number of aliphatic hydroxyl groups is 1. The average Bonchev–Trinajstić information content (AvgIpc) is 3.17. The quantitative estimate of drug-likeness (QED) is 0.799. The third kappa shape index (κ3) is 1.50. The number of hydrogen-bond acceptors (Lipinski definition) is 3. The fourth-order valence-electron chi connectivity index (χ4n) is 6.62. The van der Waals surface area contributed by atoms with E-state index in [9.17, 15) is 9.90 Å². The molecule has 1 aromatic carbocycles. The molecule has 3 fully saturated rings. The van der Waals surface area contributed by atoms with E-state index in [-0.39, 0.29) is 24.0 Å². The zero-order valence-corrected chi connectivity index (χ0v) is 14.2. The Bertz CT molecular complexity index is 857. The highest BCUT2D eigenvalue weighted by Crippen LogP contribution is 2.63. The summed E-state index contributed by atoms with van der Waals surface area (Å²) in [7, 11) is 0. The van der Waals surface area contributed by atoms with Crippen LogP contribution in [0.4, 0.5) is 5.69 Å². The maximum absolute atomic E-state index is 12.9. The predicted molar refractivity (Wildman–Crippen MR) is 95.3 cm³/mol. The Morgan fingerprint density at radius 1 is 1.32 bits per heavy atom. The number of aliphatic hydroxyl groups excluding tert-OH is 1. The summed E-state index contributed by atoms with van der Waals surface area (Å²) in [6.45, 7) is 2.16. The Kier molecular flexibility index (Phi) is 2.64. The molecule has 4 atom stereocenters. The van der Waals surface area contributed by atoms with Crippen LogP contribution < -0.4 is 4.90 Å². The number of hydrogen-bond donors (Lipinski definition) is 1. The maximum Gasteiger partial charge on any atom is 0.231 e. The number of fused-ring (bicyclic) bond motifs is 4. The first-order valence-corrected chi connectivity index (χ1v) is 9.41. The molecule has 0 radical (unpaired) electrons. The van der Waals surface area contributed by atoms with E-state index in [2.05, 4.69) is 40.1 Å². The van der Waals surface area contributed by atoms with Gasteiger partial charge in [0.15, 0.2) is 0 Å². The molecule has 1 aliphatic carbocycles. The van der Waals surface area contributed by atoms with Crippen molar-refractivity contribution in [3.63, 3.8) is 0 Å². The third-order valence-corrected chi connectivity index (χ3v) is 7.40. The van der Waals surface area contributed by atoms with Gasteiger partial charge in [-0.05, 0) is 36.6 Å². The number of carbonyl (C=O) groups excluding carboxylic acids is 1. The van der Waals surface area contributed by atoms with Crippen LogP contribution in [0.2, 0.25) is 0 Å². The number of piperidine rings is 1. The van der Waals surface area contributed by atoms with E-state index in [1.165, 1.54) is 16.7 Å². The number of benzene rings is 1. The normalized spacial score (nSPS) is 39.5. The van der Waals surface area contributed by atoms with Crippen molar-refractivity contribution in [2.45, 2.75) is 36.8 Å². The summed E-state index contributed by atoms with van der Waals surface area (Å²) < 4.78 is 0. The fraction of sp³-hybridized carbons (Fsp3) is 0.476. The summed E-state index contributed by atoms with van der Waals surface area (Å²) in [4.78, 5) is 17.6. The van der Waals surface area contributed by atoms with E-state index in [1.54, 1.807) is 0 Å². The molecule has 4 heteroatoms. The Morgan fingerprint density at radius 3 is 3.08 bits per heavy atom. The van der Waals surface area contributed by atoms with Gasteiger partial charge in [0.05, 0.1) is 12.6 Å². The summed E-state index contributed by atoms with van der Waals surface area (Å²) >= 11 is 0. The van der Waals surface area contributed by atoms with Crippen molar-refractivity contribution in [3.8, 4) is 0 Å². The van der Waals surface area contributed by atoms with Crippen molar-refractivity contribution in [1.29, 1.82) is 0 Å². The molecule has 6 rings (SSSR count). The largest absolute Gasteiger partial charge is 0.392 e. The number of anilines is 1. The first kappa shape index (κ1) is 14.3. The van der Waals surface area contributed by atoms with E-state index >= 15 is 0 Å². The molecular formula is C21H22N2O2. The fourth-order valence-corrected chi connectivity index (χ4v) is 6.62. The van der Waals surface area contributed by atoms with Crippen LogP contribution in [0.3, 0.4) is 0 Å². The highest BCUT2D eigenvalue weighted by molar-refractivity contribution is 6.00. The number of amides is 1. The number of nitrogens with zero attached hydrogens (tertiary/aromatic N) is 2. The summed E-state index contributed by atoms with van der Waals surface area (Å²) in [6.07, 6.45) is 6.99. The molecule has 1 saturated carbocycles. The highest BCUT2D eigenvalue weighted by atomic mass is 16.2. The molecule has 128 valence electrons. The molecule has 1 amide bonds. The lowest BCUT2D eigenvalue weighted by Crippen LogP contribution is -2.62. The monoisotopic (exact) mass is 334 g/mol. The van der Waals surface area contributed by atoms with Crippen molar-refractivity contribution in [3.05, 3.63) is 53.1 Å². The second-order valence-electron chi connectivity index (χ2n) is 8.12. The van der Waals surface area contributed by atoms with Gasteiger partial charge in [-0.2, -0.15) is 0 Å². The van der Waals surface area contributed by atoms with Crippen molar-refractivity contribution >= 4 is 11.6 Å². The predicted octanol–water partition coefficient (Wildman–Crippen LogP) is 2.00. The minimum atomic E-state index is 0.0692. The van der Waals surface area contributed by atoms with Gasteiger partial charge >= 0.3 is 0 Å². The van der Waals surface area contributed by atoms with E-state index in [4.69, 9.17) is 0 Å². The first-order chi connectivity index (χ1) is 12.3. The second kappa shape index (κ2) is 4.63. The van der Waals surface area contributed by atoms with Crippen LogP contribution in [-0.4, -0.2) is 47.7 Å². The van der Waals surface area contributed by atoms with Gasteiger partial charge in [-0.1, -0.05) is 35.9 Å². The van der Waals surface area contributed by atoms with Crippen LogP contribution in [-0.2, 0) is 10.2 Å². The second-order valence-corrected chi connectivity index (χ2v) is 8.12. The SMILES string of the molecule is O=C1CC=C2[C@@H]3C[C@H]4N(CC[C@]45c4ccccc4N1[C@H]25)C/C3=C\CO. The van der Waals surface area contributed by atoms with E-state index in [0.717, 1.165) is 31.6 Å². The summed E-state index contributed by atoms with van der Waals surface area (Å²) in [5.74, 6) is 0.638. The molecule has 2 bridgehead atoms. The van der Waals surface area contributed by atoms with E-state index in [1.807, 2.05) is 6.08 Å². The molecule has 1 aromatic rings. The molecule has 4 nitrogen and oxygen atoms in total. The third-order valence-electron chi connectivity index (χ3n) is 7.40. The number of para-hydroxylation sites is 1. The van der Waals surface area contributed by atoms with Crippen molar-refractivity contribution in [2.24, 2.45) is 5.92 Å². The van der Waals surface area contributed by atoms with Crippen LogP contribution in [0.15, 0.2) is 47.6 Å². The first-order valence-electron chi connectivity index (χ1n) is 9.41. The minimum absolute atomic E-state index is 0.0692. The van der Waals surface area contributed by atoms with E-state index < -0.39 is 0 Å². The molecule has 0 aromatic heterocycles. The smallest absolute Gasteiger partial charge is 0.231 e. The van der Waals surface area contributed by atoms with E-state index in [0.29, 0.717) is 18.4 Å². The van der Waals surface area contributed by atoms with Gasteiger partial charge in [0.25, 0.3) is 0 Å². The van der Waals surface area contributed by atoms with Crippen LogP contribution in [0, 0.1) is 5.92 Å².